The first-order chi connectivity index (χ1) is 9.88. The molecule has 0 aliphatic rings. The SMILES string of the molecule is Cc1sc(NC(=O)[C@@H](N)C(C)C)nc1-c1ccc(F)cc1. The number of carbonyl (C=O) groups is 1. The maximum Gasteiger partial charge on any atom is 0.243 e. The minimum absolute atomic E-state index is 0.0580. The van der Waals surface area contributed by atoms with Gasteiger partial charge in [0.05, 0.1) is 11.7 Å². The third kappa shape index (κ3) is 3.65. The highest BCUT2D eigenvalue weighted by Crippen LogP contribution is 2.30. The number of aryl methyl sites for hydroxylation is 1. The molecule has 0 aliphatic heterocycles. The second-order valence-corrected chi connectivity index (χ2v) is 6.39. The molecule has 21 heavy (non-hydrogen) atoms. The van der Waals surface area contributed by atoms with Crippen LogP contribution in [0.1, 0.15) is 18.7 Å². The van der Waals surface area contributed by atoms with Crippen molar-refractivity contribution in [1.82, 2.24) is 4.98 Å². The van der Waals surface area contributed by atoms with Crippen LogP contribution in [0.5, 0.6) is 0 Å². The Hall–Kier alpha value is -1.79. The molecule has 4 nitrogen and oxygen atoms in total. The van der Waals surface area contributed by atoms with Crippen LogP contribution in [-0.4, -0.2) is 16.9 Å². The molecule has 0 aliphatic carbocycles. The van der Waals surface area contributed by atoms with Crippen molar-refractivity contribution >= 4 is 22.4 Å². The number of halogens is 1. The van der Waals surface area contributed by atoms with Gasteiger partial charge < -0.3 is 11.1 Å². The Labute approximate surface area is 127 Å². The molecule has 0 bridgehead atoms. The summed E-state index contributed by atoms with van der Waals surface area (Å²) in [5, 5.41) is 3.24. The Balaban J connectivity index is 2.20. The van der Waals surface area contributed by atoms with Crippen molar-refractivity contribution in [3.8, 4) is 11.3 Å². The number of hydrogen-bond donors (Lipinski definition) is 2. The van der Waals surface area contributed by atoms with E-state index in [2.05, 4.69) is 10.3 Å². The number of aromatic nitrogens is 1. The number of nitrogens with two attached hydrogens (primary N) is 1. The summed E-state index contributed by atoms with van der Waals surface area (Å²) in [4.78, 5) is 17.3. The van der Waals surface area contributed by atoms with Gasteiger partial charge in [-0.1, -0.05) is 13.8 Å². The molecule has 2 rings (SSSR count). The number of nitrogens with one attached hydrogen (secondary N) is 1. The van der Waals surface area contributed by atoms with Gasteiger partial charge in [-0.3, -0.25) is 4.79 Å². The lowest BCUT2D eigenvalue weighted by molar-refractivity contribution is -0.118. The van der Waals surface area contributed by atoms with Crippen LogP contribution in [-0.2, 0) is 4.79 Å². The molecular weight excluding hydrogens is 289 g/mol. The molecule has 1 amide bonds. The minimum atomic E-state index is -0.566. The molecule has 1 atom stereocenters. The van der Waals surface area contributed by atoms with Crippen molar-refractivity contribution < 1.29 is 9.18 Å². The summed E-state index contributed by atoms with van der Waals surface area (Å²) >= 11 is 1.38. The van der Waals surface area contributed by atoms with Gasteiger partial charge in [0, 0.05) is 10.4 Å². The van der Waals surface area contributed by atoms with Gasteiger partial charge in [-0.05, 0) is 37.1 Å². The molecule has 1 aromatic carbocycles. The van der Waals surface area contributed by atoms with E-state index < -0.39 is 6.04 Å². The second kappa shape index (κ2) is 6.32. The molecular formula is C15H18FN3OS. The molecule has 1 aromatic heterocycles. The first kappa shape index (κ1) is 15.6. The summed E-state index contributed by atoms with van der Waals surface area (Å²) in [7, 11) is 0. The summed E-state index contributed by atoms with van der Waals surface area (Å²) in [6.45, 7) is 5.69. The van der Waals surface area contributed by atoms with Crippen molar-refractivity contribution in [3.05, 3.63) is 35.0 Å². The first-order valence-corrected chi connectivity index (χ1v) is 7.50. The zero-order valence-corrected chi connectivity index (χ0v) is 13.0. The van der Waals surface area contributed by atoms with Gasteiger partial charge in [0.15, 0.2) is 5.13 Å². The molecule has 2 aromatic rings. The number of amides is 1. The highest BCUT2D eigenvalue weighted by Gasteiger charge is 2.19. The van der Waals surface area contributed by atoms with Crippen LogP contribution in [0.4, 0.5) is 9.52 Å². The molecule has 112 valence electrons. The number of thiazole rings is 1. The van der Waals surface area contributed by atoms with Crippen LogP contribution >= 0.6 is 11.3 Å². The zero-order chi connectivity index (χ0) is 15.6. The van der Waals surface area contributed by atoms with Crippen molar-refractivity contribution in [3.63, 3.8) is 0 Å². The Morgan fingerprint density at radius 3 is 2.52 bits per heavy atom. The normalized spacial score (nSPS) is 12.5. The fraction of sp³-hybridized carbons (Fsp3) is 0.333. The molecule has 0 unspecified atom stereocenters. The number of hydrogen-bond acceptors (Lipinski definition) is 4. The smallest absolute Gasteiger partial charge is 0.243 e. The van der Waals surface area contributed by atoms with Crippen LogP contribution in [0.25, 0.3) is 11.3 Å². The molecule has 6 heteroatoms. The van der Waals surface area contributed by atoms with E-state index in [4.69, 9.17) is 5.73 Å². The quantitative estimate of drug-likeness (QED) is 0.911. The number of nitrogens with zero attached hydrogens (tertiary/aromatic N) is 1. The molecule has 0 saturated carbocycles. The molecule has 1 heterocycles. The monoisotopic (exact) mass is 307 g/mol. The van der Waals surface area contributed by atoms with Gasteiger partial charge in [-0.15, -0.1) is 11.3 Å². The number of rotatable bonds is 4. The van der Waals surface area contributed by atoms with Gasteiger partial charge in [0.1, 0.15) is 5.82 Å². The van der Waals surface area contributed by atoms with E-state index in [0.29, 0.717) is 5.13 Å². The van der Waals surface area contributed by atoms with E-state index in [1.807, 2.05) is 20.8 Å². The number of carbonyl (C=O) groups excluding carboxylic acids is 1. The van der Waals surface area contributed by atoms with E-state index in [9.17, 15) is 9.18 Å². The fourth-order valence-corrected chi connectivity index (χ4v) is 2.66. The Morgan fingerprint density at radius 2 is 1.95 bits per heavy atom. The van der Waals surface area contributed by atoms with Crippen LogP contribution < -0.4 is 11.1 Å². The summed E-state index contributed by atoms with van der Waals surface area (Å²) in [6, 6.07) is 5.55. The summed E-state index contributed by atoms with van der Waals surface area (Å²) in [5.74, 6) is -0.477. The van der Waals surface area contributed by atoms with Gasteiger partial charge >= 0.3 is 0 Å². The first-order valence-electron chi connectivity index (χ1n) is 6.68. The van der Waals surface area contributed by atoms with Gasteiger partial charge in [0.25, 0.3) is 0 Å². The van der Waals surface area contributed by atoms with Crippen molar-refractivity contribution in [2.24, 2.45) is 11.7 Å². The largest absolute Gasteiger partial charge is 0.320 e. The third-order valence-corrected chi connectivity index (χ3v) is 4.05. The maximum atomic E-state index is 13.0. The van der Waals surface area contributed by atoms with Gasteiger partial charge in [0.2, 0.25) is 5.91 Å². The summed E-state index contributed by atoms with van der Waals surface area (Å²) in [5.41, 5.74) is 7.37. The van der Waals surface area contributed by atoms with Crippen LogP contribution in [0.2, 0.25) is 0 Å². The van der Waals surface area contributed by atoms with Gasteiger partial charge in [-0.2, -0.15) is 0 Å². The summed E-state index contributed by atoms with van der Waals surface area (Å²) < 4.78 is 13.0. The fourth-order valence-electron chi connectivity index (χ4n) is 1.82. The van der Waals surface area contributed by atoms with E-state index in [0.717, 1.165) is 16.1 Å². The molecule has 0 spiro atoms. The topological polar surface area (TPSA) is 68.0 Å². The number of benzene rings is 1. The van der Waals surface area contributed by atoms with Crippen molar-refractivity contribution in [2.75, 3.05) is 5.32 Å². The van der Waals surface area contributed by atoms with E-state index in [1.54, 1.807) is 12.1 Å². The standard InChI is InChI=1S/C15H18FN3OS/c1-8(2)12(17)14(20)19-15-18-13(9(3)21-15)10-4-6-11(16)7-5-10/h4-8,12H,17H2,1-3H3,(H,18,19,20)/t12-/m0/s1. The molecule has 3 N–H and O–H groups in total. The lowest BCUT2D eigenvalue weighted by atomic mass is 10.1. The van der Waals surface area contributed by atoms with E-state index in [1.165, 1.54) is 23.5 Å². The Kier molecular flexibility index (Phi) is 4.69. The average Bonchev–Trinajstić information content (AvgIpc) is 2.79. The summed E-state index contributed by atoms with van der Waals surface area (Å²) in [6.07, 6.45) is 0. The Bertz CT molecular complexity index is 637. The highest BCUT2D eigenvalue weighted by molar-refractivity contribution is 7.16. The molecule has 0 radical (unpaired) electrons. The minimum Gasteiger partial charge on any atom is -0.320 e. The average molecular weight is 307 g/mol. The molecule has 0 saturated heterocycles. The zero-order valence-electron chi connectivity index (χ0n) is 12.2. The maximum absolute atomic E-state index is 13.0. The van der Waals surface area contributed by atoms with E-state index >= 15 is 0 Å². The van der Waals surface area contributed by atoms with E-state index in [-0.39, 0.29) is 17.6 Å². The van der Waals surface area contributed by atoms with Gasteiger partial charge in [-0.25, -0.2) is 9.37 Å². The Morgan fingerprint density at radius 1 is 1.33 bits per heavy atom. The third-order valence-electron chi connectivity index (χ3n) is 3.17. The van der Waals surface area contributed by atoms with Crippen LogP contribution in [0.15, 0.2) is 24.3 Å². The lowest BCUT2D eigenvalue weighted by Crippen LogP contribution is -2.39. The lowest BCUT2D eigenvalue weighted by Gasteiger charge is -2.13. The van der Waals surface area contributed by atoms with Crippen molar-refractivity contribution in [2.45, 2.75) is 26.8 Å². The van der Waals surface area contributed by atoms with Crippen LogP contribution in [0, 0.1) is 18.7 Å². The second-order valence-electron chi connectivity index (χ2n) is 5.19. The number of anilines is 1. The highest BCUT2D eigenvalue weighted by atomic mass is 32.1. The molecule has 0 fully saturated rings. The predicted molar refractivity (Wildman–Crippen MR) is 83.7 cm³/mol. The predicted octanol–water partition coefficient (Wildman–Crippen LogP) is 3.18. The van der Waals surface area contributed by atoms with Crippen LogP contribution in [0.3, 0.4) is 0 Å². The van der Waals surface area contributed by atoms with Crippen molar-refractivity contribution in [1.29, 1.82) is 0 Å².